The minimum absolute atomic E-state index is 0.485. The summed E-state index contributed by atoms with van der Waals surface area (Å²) in [5.41, 5.74) is 9.53. The number of anilines is 1. The normalized spacial score (nSPS) is 16.3. The van der Waals surface area contributed by atoms with E-state index in [1.165, 1.54) is 24.0 Å². The molecular formula is C18H22N2. The zero-order chi connectivity index (χ0) is 13.9. The largest absolute Gasteiger partial charge is 0.399 e. The fraction of sp³-hybridized carbons (Fsp3) is 0.333. The molecule has 2 nitrogen and oxygen atoms in total. The maximum atomic E-state index is 5.95. The summed E-state index contributed by atoms with van der Waals surface area (Å²) >= 11 is 0. The number of hydrogen-bond acceptors (Lipinski definition) is 2. The molecule has 0 radical (unpaired) electrons. The van der Waals surface area contributed by atoms with Crippen LogP contribution in [0, 0.1) is 5.92 Å². The first-order valence-corrected chi connectivity index (χ1v) is 7.33. The Balaban J connectivity index is 1.80. The number of rotatable bonds is 5. The third-order valence-corrected chi connectivity index (χ3v) is 4.07. The lowest BCUT2D eigenvalue weighted by atomic mass is 10.00. The zero-order valence-electron chi connectivity index (χ0n) is 12.0. The summed E-state index contributed by atoms with van der Waals surface area (Å²) in [5, 5.41) is 0. The number of nitrogens with two attached hydrogens (primary N) is 1. The molecule has 1 aliphatic rings. The molecule has 104 valence electrons. The molecule has 1 fully saturated rings. The van der Waals surface area contributed by atoms with Gasteiger partial charge in [-0.3, -0.25) is 4.90 Å². The van der Waals surface area contributed by atoms with Gasteiger partial charge < -0.3 is 5.73 Å². The Morgan fingerprint density at radius 1 is 1.10 bits per heavy atom. The predicted octanol–water partition coefficient (Wildman–Crippen LogP) is 3.85. The van der Waals surface area contributed by atoms with Crippen molar-refractivity contribution in [2.24, 2.45) is 5.92 Å². The SMILES string of the molecule is CN(Cc1ccccc1)C(c1cccc(N)c1)C1CC1. The first-order chi connectivity index (χ1) is 9.74. The smallest absolute Gasteiger partial charge is 0.0377 e. The Bertz CT molecular complexity index is 561. The van der Waals surface area contributed by atoms with Gasteiger partial charge in [0.15, 0.2) is 0 Å². The Morgan fingerprint density at radius 3 is 2.50 bits per heavy atom. The van der Waals surface area contributed by atoms with Crippen LogP contribution in [0.25, 0.3) is 0 Å². The minimum atomic E-state index is 0.485. The standard InChI is InChI=1S/C18H22N2/c1-20(13-14-6-3-2-4-7-14)18(15-10-11-15)16-8-5-9-17(19)12-16/h2-9,12,15,18H,10-11,13,19H2,1H3. The van der Waals surface area contributed by atoms with Crippen LogP contribution in [0.3, 0.4) is 0 Å². The topological polar surface area (TPSA) is 29.3 Å². The Morgan fingerprint density at radius 2 is 1.85 bits per heavy atom. The summed E-state index contributed by atoms with van der Waals surface area (Å²) in [4.78, 5) is 2.46. The highest BCUT2D eigenvalue weighted by Gasteiger charge is 2.34. The lowest BCUT2D eigenvalue weighted by Crippen LogP contribution is -2.25. The molecule has 1 atom stereocenters. The van der Waals surface area contributed by atoms with Crippen molar-refractivity contribution in [1.29, 1.82) is 0 Å². The van der Waals surface area contributed by atoms with Crippen LogP contribution in [0.4, 0.5) is 5.69 Å². The van der Waals surface area contributed by atoms with Gasteiger partial charge in [0, 0.05) is 18.3 Å². The summed E-state index contributed by atoms with van der Waals surface area (Å²) in [7, 11) is 2.22. The Kier molecular flexibility index (Phi) is 3.75. The molecule has 2 aromatic rings. The summed E-state index contributed by atoms with van der Waals surface area (Å²) < 4.78 is 0. The van der Waals surface area contributed by atoms with Gasteiger partial charge in [-0.05, 0) is 49.1 Å². The molecule has 0 heterocycles. The van der Waals surface area contributed by atoms with Crippen molar-refractivity contribution in [3.8, 4) is 0 Å². The van der Waals surface area contributed by atoms with Crippen LogP contribution in [0.1, 0.15) is 30.0 Å². The Labute approximate surface area is 121 Å². The van der Waals surface area contributed by atoms with Gasteiger partial charge in [-0.1, -0.05) is 42.5 Å². The molecular weight excluding hydrogens is 244 g/mol. The van der Waals surface area contributed by atoms with Gasteiger partial charge in [0.2, 0.25) is 0 Å². The van der Waals surface area contributed by atoms with Crippen LogP contribution in [-0.4, -0.2) is 11.9 Å². The highest BCUT2D eigenvalue weighted by molar-refractivity contribution is 5.42. The van der Waals surface area contributed by atoms with Gasteiger partial charge in [0.25, 0.3) is 0 Å². The van der Waals surface area contributed by atoms with Crippen molar-refractivity contribution in [2.45, 2.75) is 25.4 Å². The molecule has 0 bridgehead atoms. The van der Waals surface area contributed by atoms with Gasteiger partial charge in [-0.15, -0.1) is 0 Å². The van der Waals surface area contributed by atoms with Crippen molar-refractivity contribution in [1.82, 2.24) is 4.90 Å². The molecule has 1 aliphatic carbocycles. The van der Waals surface area contributed by atoms with Gasteiger partial charge in [0.1, 0.15) is 0 Å². The second-order valence-corrected chi connectivity index (χ2v) is 5.85. The molecule has 0 aromatic heterocycles. The van der Waals surface area contributed by atoms with E-state index in [1.807, 2.05) is 6.07 Å². The maximum absolute atomic E-state index is 5.95. The van der Waals surface area contributed by atoms with Crippen LogP contribution in [0.5, 0.6) is 0 Å². The third kappa shape index (κ3) is 3.02. The number of benzene rings is 2. The van der Waals surface area contributed by atoms with Crippen molar-refractivity contribution in [3.63, 3.8) is 0 Å². The van der Waals surface area contributed by atoms with Gasteiger partial charge in [-0.25, -0.2) is 0 Å². The second kappa shape index (κ2) is 5.68. The molecule has 1 unspecified atom stereocenters. The maximum Gasteiger partial charge on any atom is 0.0377 e. The molecule has 3 rings (SSSR count). The molecule has 20 heavy (non-hydrogen) atoms. The summed E-state index contributed by atoms with van der Waals surface area (Å²) in [6.07, 6.45) is 2.66. The number of nitrogen functional groups attached to an aromatic ring is 1. The molecule has 2 N–H and O–H groups in total. The average Bonchev–Trinajstić information content (AvgIpc) is 3.25. The van der Waals surface area contributed by atoms with Gasteiger partial charge in [0.05, 0.1) is 0 Å². The summed E-state index contributed by atoms with van der Waals surface area (Å²) in [6.45, 7) is 0.983. The van der Waals surface area contributed by atoms with E-state index in [1.54, 1.807) is 0 Å². The fourth-order valence-electron chi connectivity index (χ4n) is 3.01. The van der Waals surface area contributed by atoms with E-state index in [0.717, 1.165) is 18.2 Å². The lowest BCUT2D eigenvalue weighted by Gasteiger charge is -2.29. The monoisotopic (exact) mass is 266 g/mol. The van der Waals surface area contributed by atoms with E-state index in [2.05, 4.69) is 60.5 Å². The van der Waals surface area contributed by atoms with Crippen molar-refractivity contribution in [2.75, 3.05) is 12.8 Å². The van der Waals surface area contributed by atoms with E-state index >= 15 is 0 Å². The highest BCUT2D eigenvalue weighted by Crippen LogP contribution is 2.44. The molecule has 2 heteroatoms. The molecule has 0 aliphatic heterocycles. The van der Waals surface area contributed by atoms with Crippen molar-refractivity contribution >= 4 is 5.69 Å². The van der Waals surface area contributed by atoms with Gasteiger partial charge >= 0.3 is 0 Å². The van der Waals surface area contributed by atoms with Crippen LogP contribution in [-0.2, 0) is 6.54 Å². The summed E-state index contributed by atoms with van der Waals surface area (Å²) in [5.74, 6) is 0.783. The van der Waals surface area contributed by atoms with Crippen LogP contribution in [0.2, 0.25) is 0 Å². The molecule has 1 saturated carbocycles. The van der Waals surface area contributed by atoms with Crippen molar-refractivity contribution in [3.05, 3.63) is 65.7 Å². The quantitative estimate of drug-likeness (QED) is 0.833. The molecule has 0 amide bonds. The molecule has 0 saturated heterocycles. The lowest BCUT2D eigenvalue weighted by molar-refractivity contribution is 0.212. The zero-order valence-corrected chi connectivity index (χ0v) is 12.0. The van der Waals surface area contributed by atoms with E-state index in [0.29, 0.717) is 6.04 Å². The third-order valence-electron chi connectivity index (χ3n) is 4.07. The fourth-order valence-corrected chi connectivity index (χ4v) is 3.01. The predicted molar refractivity (Wildman–Crippen MR) is 84.2 cm³/mol. The molecule has 2 aromatic carbocycles. The van der Waals surface area contributed by atoms with Crippen LogP contribution >= 0.6 is 0 Å². The van der Waals surface area contributed by atoms with Crippen LogP contribution < -0.4 is 5.73 Å². The highest BCUT2D eigenvalue weighted by atomic mass is 15.1. The summed E-state index contributed by atoms with van der Waals surface area (Å²) in [6, 6.07) is 19.5. The number of hydrogen-bond donors (Lipinski definition) is 1. The van der Waals surface area contributed by atoms with Crippen molar-refractivity contribution < 1.29 is 0 Å². The first-order valence-electron chi connectivity index (χ1n) is 7.33. The van der Waals surface area contributed by atoms with E-state index in [-0.39, 0.29) is 0 Å². The average molecular weight is 266 g/mol. The molecule has 0 spiro atoms. The van der Waals surface area contributed by atoms with Crippen LogP contribution in [0.15, 0.2) is 54.6 Å². The van der Waals surface area contributed by atoms with Gasteiger partial charge in [-0.2, -0.15) is 0 Å². The Hall–Kier alpha value is -1.80. The first kappa shape index (κ1) is 13.2. The van der Waals surface area contributed by atoms with E-state index < -0.39 is 0 Å². The minimum Gasteiger partial charge on any atom is -0.399 e. The van der Waals surface area contributed by atoms with E-state index in [4.69, 9.17) is 5.73 Å². The second-order valence-electron chi connectivity index (χ2n) is 5.85. The number of nitrogens with zero attached hydrogens (tertiary/aromatic N) is 1. The van der Waals surface area contributed by atoms with E-state index in [9.17, 15) is 0 Å².